The van der Waals surface area contributed by atoms with Gasteiger partial charge >= 0.3 is 7.82 Å². The molecule has 1 unspecified atom stereocenters. The highest BCUT2D eigenvalue weighted by atomic mass is 31.2. The van der Waals surface area contributed by atoms with Gasteiger partial charge in [-0.05, 0) is 61.9 Å². The molecule has 1 aromatic heterocycles. The lowest BCUT2D eigenvalue weighted by atomic mass is 10.1. The van der Waals surface area contributed by atoms with E-state index in [1.165, 1.54) is 5.56 Å². The molecule has 2 aromatic carbocycles. The SMILES string of the molecule is O=P(O)(O)OCOc1cc(C(O)CNCCCCCCOCCCCc2ccccc2)ccc1C[n+]1ccccc1. The van der Waals surface area contributed by atoms with E-state index in [-0.39, 0.29) is 0 Å². The Kier molecular flexibility index (Phi) is 15.0. The average Bonchev–Trinajstić information content (AvgIpc) is 2.96. The first-order valence-corrected chi connectivity index (χ1v) is 15.8. The first-order chi connectivity index (χ1) is 19.9. The molecule has 0 aliphatic carbocycles. The van der Waals surface area contributed by atoms with Gasteiger partial charge in [-0.15, -0.1) is 0 Å². The smallest absolute Gasteiger partial charge is 0.466 e. The van der Waals surface area contributed by atoms with E-state index in [2.05, 4.69) is 34.1 Å². The van der Waals surface area contributed by atoms with Gasteiger partial charge in [-0.3, -0.25) is 0 Å². The predicted molar refractivity (Wildman–Crippen MR) is 157 cm³/mol. The summed E-state index contributed by atoms with van der Waals surface area (Å²) >= 11 is 0. The molecule has 1 heterocycles. The van der Waals surface area contributed by atoms with Crippen molar-refractivity contribution in [2.45, 2.75) is 57.6 Å². The summed E-state index contributed by atoms with van der Waals surface area (Å²) < 4.78 is 28.8. The van der Waals surface area contributed by atoms with Crippen LogP contribution in [0, 0.1) is 0 Å². The predicted octanol–water partition coefficient (Wildman–Crippen LogP) is 4.69. The van der Waals surface area contributed by atoms with E-state index in [0.717, 1.165) is 70.3 Å². The van der Waals surface area contributed by atoms with Crippen molar-refractivity contribution in [2.24, 2.45) is 0 Å². The standard InChI is InChI=1S/C31H43N2O7P/c34-30(24-32-18-8-1-2-11-21-38-22-12-7-15-27-13-5-3-6-14-27)28-16-17-29(25-33-19-9-4-10-20-33)31(23-28)39-26-40-41(35,36)37/h3-6,9-10,13-14,16-17,19-20,23,30,32,34H,1-2,7-8,11-12,15,18,21-22,24-26H2,(H-,35,36,37)/p+1. The lowest BCUT2D eigenvalue weighted by Crippen LogP contribution is -2.33. The Morgan fingerprint density at radius 2 is 1.56 bits per heavy atom. The van der Waals surface area contributed by atoms with Gasteiger partial charge in [-0.1, -0.05) is 55.3 Å². The maximum absolute atomic E-state index is 11.0. The van der Waals surface area contributed by atoms with Gasteiger partial charge in [0.15, 0.2) is 25.7 Å². The number of phosphoric acid groups is 1. The van der Waals surface area contributed by atoms with Crippen LogP contribution >= 0.6 is 7.82 Å². The molecule has 0 radical (unpaired) electrons. The van der Waals surface area contributed by atoms with Crippen LogP contribution in [0.3, 0.4) is 0 Å². The number of pyridine rings is 1. The number of aryl methyl sites for hydroxylation is 1. The van der Waals surface area contributed by atoms with Crippen molar-refractivity contribution >= 4 is 7.82 Å². The third-order valence-electron chi connectivity index (χ3n) is 6.62. The summed E-state index contributed by atoms with van der Waals surface area (Å²) in [5.41, 5.74) is 2.82. The zero-order valence-electron chi connectivity index (χ0n) is 23.6. The molecule has 3 rings (SSSR count). The Morgan fingerprint density at radius 3 is 2.32 bits per heavy atom. The molecule has 1 atom stereocenters. The number of phosphoric ester groups is 1. The molecule has 0 saturated heterocycles. The number of benzene rings is 2. The number of unbranched alkanes of at least 4 members (excludes halogenated alkanes) is 4. The number of aliphatic hydroxyl groups is 1. The van der Waals surface area contributed by atoms with Crippen molar-refractivity contribution in [3.8, 4) is 5.75 Å². The van der Waals surface area contributed by atoms with Crippen molar-refractivity contribution in [3.63, 3.8) is 0 Å². The highest BCUT2D eigenvalue weighted by Crippen LogP contribution is 2.36. The molecule has 224 valence electrons. The topological polar surface area (TPSA) is 121 Å². The van der Waals surface area contributed by atoms with Crippen molar-refractivity contribution in [3.05, 3.63) is 95.8 Å². The van der Waals surface area contributed by atoms with E-state index in [0.29, 0.717) is 24.4 Å². The van der Waals surface area contributed by atoms with Crippen LogP contribution in [0.1, 0.15) is 61.3 Å². The molecular weight excluding hydrogens is 543 g/mol. The van der Waals surface area contributed by atoms with E-state index >= 15 is 0 Å². The maximum atomic E-state index is 11.0. The zero-order valence-corrected chi connectivity index (χ0v) is 24.5. The lowest BCUT2D eigenvalue weighted by Gasteiger charge is -2.16. The third-order valence-corrected chi connectivity index (χ3v) is 7.06. The fourth-order valence-corrected chi connectivity index (χ4v) is 4.57. The van der Waals surface area contributed by atoms with Crippen molar-refractivity contribution in [1.29, 1.82) is 0 Å². The molecule has 0 fully saturated rings. The molecule has 9 nitrogen and oxygen atoms in total. The molecule has 0 amide bonds. The minimum Gasteiger partial charge on any atom is -0.466 e. The van der Waals surface area contributed by atoms with E-state index in [1.54, 1.807) is 6.07 Å². The van der Waals surface area contributed by atoms with Crippen molar-refractivity contribution in [1.82, 2.24) is 5.32 Å². The summed E-state index contributed by atoms with van der Waals surface area (Å²) in [6, 6.07) is 21.7. The quantitative estimate of drug-likeness (QED) is 0.0613. The number of hydrogen-bond acceptors (Lipinski definition) is 6. The van der Waals surface area contributed by atoms with E-state index in [4.69, 9.17) is 19.3 Å². The number of aliphatic hydroxyl groups excluding tert-OH is 1. The van der Waals surface area contributed by atoms with Crippen LogP contribution in [0.25, 0.3) is 0 Å². The second-order valence-corrected chi connectivity index (χ2v) is 11.2. The summed E-state index contributed by atoms with van der Waals surface area (Å²) in [5, 5.41) is 14.0. The summed E-state index contributed by atoms with van der Waals surface area (Å²) in [4.78, 5) is 17.9. The second-order valence-electron chi connectivity index (χ2n) is 9.99. The number of aromatic nitrogens is 1. The molecule has 0 bridgehead atoms. The third kappa shape index (κ3) is 14.2. The molecule has 0 saturated carbocycles. The van der Waals surface area contributed by atoms with Gasteiger partial charge in [0.1, 0.15) is 5.75 Å². The first-order valence-electron chi connectivity index (χ1n) is 14.3. The van der Waals surface area contributed by atoms with Gasteiger partial charge in [0.2, 0.25) is 0 Å². The van der Waals surface area contributed by atoms with Gasteiger partial charge in [0.25, 0.3) is 0 Å². The second kappa shape index (κ2) is 18.7. The largest absolute Gasteiger partial charge is 0.472 e. The van der Waals surface area contributed by atoms with Crippen molar-refractivity contribution < 1.29 is 38.0 Å². The Labute approximate surface area is 243 Å². The van der Waals surface area contributed by atoms with Crippen molar-refractivity contribution in [2.75, 3.05) is 33.1 Å². The molecule has 10 heteroatoms. The summed E-state index contributed by atoms with van der Waals surface area (Å²) in [6.07, 6.45) is 10.7. The first kappa shape index (κ1) is 32.9. The molecule has 0 aliphatic rings. The Hall–Kier alpha value is -2.62. The molecule has 41 heavy (non-hydrogen) atoms. The Morgan fingerprint density at radius 1 is 0.854 bits per heavy atom. The number of nitrogens with one attached hydrogen (secondary N) is 1. The molecule has 0 aliphatic heterocycles. The van der Waals surface area contributed by atoms with Crippen LogP contribution in [0.4, 0.5) is 0 Å². The van der Waals surface area contributed by atoms with Crippen LogP contribution in [0.15, 0.2) is 79.1 Å². The number of hydrogen-bond donors (Lipinski definition) is 4. The van der Waals surface area contributed by atoms with Gasteiger partial charge in [0, 0.05) is 31.9 Å². The normalized spacial score (nSPS) is 12.4. The van der Waals surface area contributed by atoms with Crippen LogP contribution in [-0.2, 0) is 26.8 Å². The fourth-order valence-electron chi connectivity index (χ4n) is 4.38. The van der Waals surface area contributed by atoms with Crippen LogP contribution in [-0.4, -0.2) is 48.0 Å². The number of nitrogens with zero attached hydrogens (tertiary/aromatic N) is 1. The highest BCUT2D eigenvalue weighted by Gasteiger charge is 2.17. The summed E-state index contributed by atoms with van der Waals surface area (Å²) in [6.45, 7) is 2.70. The lowest BCUT2D eigenvalue weighted by molar-refractivity contribution is -0.688. The maximum Gasteiger partial charge on any atom is 0.472 e. The zero-order chi connectivity index (χ0) is 29.2. The Balaban J connectivity index is 1.30. The highest BCUT2D eigenvalue weighted by molar-refractivity contribution is 7.46. The molecular formula is C31H44N2O7P+. The van der Waals surface area contributed by atoms with Crippen LogP contribution in [0.2, 0.25) is 0 Å². The molecule has 0 spiro atoms. The van der Waals surface area contributed by atoms with Gasteiger partial charge in [0.05, 0.1) is 11.7 Å². The van der Waals surface area contributed by atoms with Gasteiger partial charge in [-0.2, -0.15) is 0 Å². The average molecular weight is 588 g/mol. The number of rotatable bonds is 21. The molecule has 3 aromatic rings. The monoisotopic (exact) mass is 587 g/mol. The van der Waals surface area contributed by atoms with Gasteiger partial charge < -0.3 is 29.7 Å². The summed E-state index contributed by atoms with van der Waals surface area (Å²) in [5.74, 6) is 0.393. The van der Waals surface area contributed by atoms with Crippen LogP contribution < -0.4 is 14.6 Å². The molecule has 4 N–H and O–H groups in total. The van der Waals surface area contributed by atoms with E-state index < -0.39 is 20.7 Å². The van der Waals surface area contributed by atoms with Crippen LogP contribution in [0.5, 0.6) is 5.75 Å². The Bertz CT molecular complexity index is 1160. The van der Waals surface area contributed by atoms with E-state index in [9.17, 15) is 9.67 Å². The van der Waals surface area contributed by atoms with Gasteiger partial charge in [-0.25, -0.2) is 13.7 Å². The fraction of sp³-hybridized carbons (Fsp3) is 0.452. The number of ether oxygens (including phenoxy) is 2. The minimum atomic E-state index is -4.66. The minimum absolute atomic E-state index is 0.386. The van der Waals surface area contributed by atoms with E-state index in [1.807, 2.05) is 53.4 Å². The summed E-state index contributed by atoms with van der Waals surface area (Å²) in [7, 11) is -4.66.